The zero-order chi connectivity index (χ0) is 19.1. The van der Waals surface area contributed by atoms with Crippen LogP contribution >= 0.6 is 11.6 Å². The number of sulfonamides is 1. The predicted molar refractivity (Wildman–Crippen MR) is 87.6 cm³/mol. The first-order chi connectivity index (χ1) is 12.2. The van der Waals surface area contributed by atoms with Gasteiger partial charge in [-0.3, -0.25) is 9.59 Å². The predicted octanol–water partition coefficient (Wildman–Crippen LogP) is 0.739. The molecule has 0 unspecified atom stereocenters. The van der Waals surface area contributed by atoms with Crippen LogP contribution in [0.5, 0.6) is 0 Å². The Balaban J connectivity index is 2.00. The molecule has 0 bridgehead atoms. The lowest BCUT2D eigenvalue weighted by atomic mass is 10.3. The molecule has 134 valence electrons. The molecule has 2 amide bonds. The molecule has 0 spiro atoms. The quantitative estimate of drug-likeness (QED) is 0.666. The van der Waals surface area contributed by atoms with Crippen molar-refractivity contribution in [3.63, 3.8) is 0 Å². The standard InChI is InChI=1S/C14H9ClFN5O4S/c15-7-1-2-11(9(16)5-7)26(24,25)20-14(23)10-3-4-18-13-8(12(17)22)6-19-21(10)13/h1-6H,(H2,17,22)(H,20,23). The molecule has 0 aliphatic rings. The number of fused-ring (bicyclic) bond motifs is 1. The topological polar surface area (TPSA) is 137 Å². The van der Waals surface area contributed by atoms with Gasteiger partial charge in [0.05, 0.1) is 6.20 Å². The molecule has 0 aliphatic heterocycles. The van der Waals surface area contributed by atoms with Gasteiger partial charge in [0, 0.05) is 11.2 Å². The summed E-state index contributed by atoms with van der Waals surface area (Å²) in [5.41, 5.74) is 4.85. The first-order valence-corrected chi connectivity index (χ1v) is 8.71. The van der Waals surface area contributed by atoms with Gasteiger partial charge in [-0.15, -0.1) is 0 Å². The minimum atomic E-state index is -4.52. The van der Waals surface area contributed by atoms with Gasteiger partial charge in [-0.1, -0.05) is 11.6 Å². The number of nitrogens with one attached hydrogen (secondary N) is 1. The number of carbonyl (C=O) groups is 2. The van der Waals surface area contributed by atoms with Crippen LogP contribution < -0.4 is 10.5 Å². The third-order valence-corrected chi connectivity index (χ3v) is 4.91. The normalized spacial score (nSPS) is 11.5. The van der Waals surface area contributed by atoms with Crippen molar-refractivity contribution in [3.8, 4) is 0 Å². The van der Waals surface area contributed by atoms with Crippen LogP contribution in [0.1, 0.15) is 20.8 Å². The highest BCUT2D eigenvalue weighted by Gasteiger charge is 2.25. The first-order valence-electron chi connectivity index (χ1n) is 6.85. The van der Waals surface area contributed by atoms with Crippen molar-refractivity contribution in [2.45, 2.75) is 4.90 Å². The molecule has 26 heavy (non-hydrogen) atoms. The molecule has 0 fully saturated rings. The van der Waals surface area contributed by atoms with Gasteiger partial charge in [-0.05, 0) is 24.3 Å². The van der Waals surface area contributed by atoms with E-state index in [0.29, 0.717) is 0 Å². The summed E-state index contributed by atoms with van der Waals surface area (Å²) in [6.07, 6.45) is 2.27. The fourth-order valence-electron chi connectivity index (χ4n) is 2.16. The number of carbonyl (C=O) groups excluding carboxylic acids is 2. The summed E-state index contributed by atoms with van der Waals surface area (Å²) in [6.45, 7) is 0. The SMILES string of the molecule is NC(=O)c1cnn2c(C(=O)NS(=O)(=O)c3ccc(Cl)cc3F)ccnc12. The molecule has 2 heterocycles. The number of hydrogen-bond donors (Lipinski definition) is 2. The molecule has 0 saturated heterocycles. The number of nitrogens with zero attached hydrogens (tertiary/aromatic N) is 3. The average Bonchev–Trinajstić information content (AvgIpc) is 2.97. The van der Waals surface area contributed by atoms with Crippen molar-refractivity contribution in [2.75, 3.05) is 0 Å². The van der Waals surface area contributed by atoms with Crippen LogP contribution in [0.3, 0.4) is 0 Å². The number of rotatable bonds is 4. The molecule has 0 saturated carbocycles. The molecular weight excluding hydrogens is 389 g/mol. The zero-order valence-electron chi connectivity index (χ0n) is 12.7. The maximum atomic E-state index is 13.9. The third kappa shape index (κ3) is 3.09. The van der Waals surface area contributed by atoms with Crippen LogP contribution in [0, 0.1) is 5.82 Å². The van der Waals surface area contributed by atoms with Gasteiger partial charge in [0.2, 0.25) is 0 Å². The highest BCUT2D eigenvalue weighted by molar-refractivity contribution is 7.90. The molecule has 1 aromatic carbocycles. The molecule has 0 atom stereocenters. The van der Waals surface area contributed by atoms with Crippen molar-refractivity contribution < 1.29 is 22.4 Å². The monoisotopic (exact) mass is 397 g/mol. The van der Waals surface area contributed by atoms with Crippen LogP contribution in [-0.4, -0.2) is 34.8 Å². The number of aromatic nitrogens is 3. The van der Waals surface area contributed by atoms with E-state index in [4.69, 9.17) is 17.3 Å². The number of halogens is 2. The minimum Gasteiger partial charge on any atom is -0.365 e. The maximum Gasteiger partial charge on any atom is 0.283 e. The fourth-order valence-corrected chi connectivity index (χ4v) is 3.34. The van der Waals surface area contributed by atoms with Crippen LogP contribution in [0.2, 0.25) is 5.02 Å². The average molecular weight is 398 g/mol. The molecule has 0 radical (unpaired) electrons. The van der Waals surface area contributed by atoms with E-state index in [9.17, 15) is 22.4 Å². The minimum absolute atomic E-state index is 0.000795. The van der Waals surface area contributed by atoms with Crippen LogP contribution in [0.15, 0.2) is 41.6 Å². The van der Waals surface area contributed by atoms with E-state index in [1.807, 2.05) is 0 Å². The number of benzene rings is 1. The van der Waals surface area contributed by atoms with E-state index in [0.717, 1.165) is 22.8 Å². The van der Waals surface area contributed by atoms with E-state index >= 15 is 0 Å². The lowest BCUT2D eigenvalue weighted by molar-refractivity contribution is 0.0970. The Bertz CT molecular complexity index is 1160. The van der Waals surface area contributed by atoms with E-state index in [2.05, 4.69) is 10.1 Å². The van der Waals surface area contributed by atoms with E-state index in [1.54, 1.807) is 4.72 Å². The zero-order valence-corrected chi connectivity index (χ0v) is 14.3. The Morgan fingerprint density at radius 3 is 2.65 bits per heavy atom. The Labute approximate surface area is 150 Å². The van der Waals surface area contributed by atoms with Crippen molar-refractivity contribution in [2.24, 2.45) is 5.73 Å². The lowest BCUT2D eigenvalue weighted by Gasteiger charge is -2.09. The fraction of sp³-hybridized carbons (Fsp3) is 0. The van der Waals surface area contributed by atoms with Crippen LogP contribution in [0.25, 0.3) is 5.65 Å². The summed E-state index contributed by atoms with van der Waals surface area (Å²) in [7, 11) is -4.52. The second kappa shape index (κ2) is 6.35. The molecular formula is C14H9ClFN5O4S. The van der Waals surface area contributed by atoms with E-state index in [1.165, 1.54) is 18.3 Å². The van der Waals surface area contributed by atoms with E-state index in [-0.39, 0.29) is 21.9 Å². The van der Waals surface area contributed by atoms with Gasteiger partial charge in [0.1, 0.15) is 22.0 Å². The number of hydrogen-bond acceptors (Lipinski definition) is 6. The van der Waals surface area contributed by atoms with Gasteiger partial charge < -0.3 is 5.73 Å². The summed E-state index contributed by atoms with van der Waals surface area (Å²) >= 11 is 5.58. The number of nitrogens with two attached hydrogens (primary N) is 1. The summed E-state index contributed by atoms with van der Waals surface area (Å²) in [5, 5.41) is 3.80. The number of primary amides is 1. The van der Waals surface area contributed by atoms with E-state index < -0.39 is 32.6 Å². The Morgan fingerprint density at radius 2 is 2.00 bits per heavy atom. The summed E-state index contributed by atoms with van der Waals surface area (Å²) in [4.78, 5) is 26.8. The van der Waals surface area contributed by atoms with Gasteiger partial charge >= 0.3 is 0 Å². The molecule has 3 aromatic rings. The number of amides is 2. The largest absolute Gasteiger partial charge is 0.365 e. The summed E-state index contributed by atoms with van der Waals surface area (Å²) in [5.74, 6) is -3.04. The summed E-state index contributed by atoms with van der Waals surface area (Å²) in [6, 6.07) is 4.07. The molecule has 3 N–H and O–H groups in total. The second-order valence-electron chi connectivity index (χ2n) is 5.00. The Hall–Kier alpha value is -3.05. The van der Waals surface area contributed by atoms with Gasteiger partial charge in [0.15, 0.2) is 5.65 Å². The highest BCUT2D eigenvalue weighted by atomic mass is 35.5. The third-order valence-electron chi connectivity index (χ3n) is 3.31. The molecule has 0 aliphatic carbocycles. The van der Waals surface area contributed by atoms with Gasteiger partial charge in [-0.25, -0.2) is 27.0 Å². The molecule has 3 rings (SSSR count). The Morgan fingerprint density at radius 1 is 1.27 bits per heavy atom. The first kappa shape index (κ1) is 17.8. The van der Waals surface area contributed by atoms with Crippen LogP contribution in [-0.2, 0) is 10.0 Å². The van der Waals surface area contributed by atoms with Crippen LogP contribution in [0.4, 0.5) is 4.39 Å². The molecule has 9 nitrogen and oxygen atoms in total. The second-order valence-corrected chi connectivity index (χ2v) is 7.08. The van der Waals surface area contributed by atoms with Crippen molar-refractivity contribution in [3.05, 3.63) is 58.8 Å². The lowest BCUT2D eigenvalue weighted by Crippen LogP contribution is -2.32. The Kier molecular flexibility index (Phi) is 4.34. The van der Waals surface area contributed by atoms with Crippen molar-refractivity contribution >= 4 is 39.1 Å². The maximum absolute atomic E-state index is 13.9. The molecule has 12 heteroatoms. The van der Waals surface area contributed by atoms with Crippen molar-refractivity contribution in [1.82, 2.24) is 19.3 Å². The van der Waals surface area contributed by atoms with Gasteiger partial charge in [0.25, 0.3) is 21.8 Å². The highest BCUT2D eigenvalue weighted by Crippen LogP contribution is 2.19. The molecule has 2 aromatic heterocycles. The smallest absolute Gasteiger partial charge is 0.283 e. The summed E-state index contributed by atoms with van der Waals surface area (Å²) < 4.78 is 41.0. The van der Waals surface area contributed by atoms with Gasteiger partial charge in [-0.2, -0.15) is 5.10 Å². The van der Waals surface area contributed by atoms with Crippen molar-refractivity contribution in [1.29, 1.82) is 0 Å².